The SMILES string of the molecule is CN(Cc1ccccn1)Cc1cccc(CN)c1F. The third kappa shape index (κ3) is 3.59. The second kappa shape index (κ2) is 6.41. The van der Waals surface area contributed by atoms with E-state index in [9.17, 15) is 4.39 Å². The van der Waals surface area contributed by atoms with Gasteiger partial charge in [0.15, 0.2) is 0 Å². The fourth-order valence-electron chi connectivity index (χ4n) is 2.03. The lowest BCUT2D eigenvalue weighted by Crippen LogP contribution is -2.19. The van der Waals surface area contributed by atoms with E-state index in [1.165, 1.54) is 0 Å². The van der Waals surface area contributed by atoms with Crippen LogP contribution in [0.25, 0.3) is 0 Å². The Labute approximate surface area is 112 Å². The van der Waals surface area contributed by atoms with Crippen molar-refractivity contribution in [2.24, 2.45) is 5.73 Å². The molecule has 0 bridgehead atoms. The molecule has 4 heteroatoms. The van der Waals surface area contributed by atoms with Gasteiger partial charge in [0.25, 0.3) is 0 Å². The number of rotatable bonds is 5. The van der Waals surface area contributed by atoms with Gasteiger partial charge in [-0.05, 0) is 19.2 Å². The molecular formula is C15H18FN3. The molecule has 19 heavy (non-hydrogen) atoms. The van der Waals surface area contributed by atoms with Crippen molar-refractivity contribution in [2.45, 2.75) is 19.6 Å². The Morgan fingerprint density at radius 1 is 1.11 bits per heavy atom. The van der Waals surface area contributed by atoms with Crippen LogP contribution in [0.5, 0.6) is 0 Å². The van der Waals surface area contributed by atoms with Crippen LogP contribution < -0.4 is 5.73 Å². The number of benzene rings is 1. The van der Waals surface area contributed by atoms with Crippen molar-refractivity contribution in [1.82, 2.24) is 9.88 Å². The van der Waals surface area contributed by atoms with Gasteiger partial charge in [0.1, 0.15) is 5.82 Å². The summed E-state index contributed by atoms with van der Waals surface area (Å²) in [5, 5.41) is 0. The molecule has 0 atom stereocenters. The molecule has 1 heterocycles. The van der Waals surface area contributed by atoms with Crippen molar-refractivity contribution in [3.63, 3.8) is 0 Å². The molecular weight excluding hydrogens is 241 g/mol. The first kappa shape index (κ1) is 13.6. The van der Waals surface area contributed by atoms with Crippen LogP contribution in [0.3, 0.4) is 0 Å². The van der Waals surface area contributed by atoms with Crippen LogP contribution in [0.1, 0.15) is 16.8 Å². The van der Waals surface area contributed by atoms with Crippen LogP contribution in [-0.4, -0.2) is 16.9 Å². The Kier molecular flexibility index (Phi) is 4.60. The number of hydrogen-bond donors (Lipinski definition) is 1. The van der Waals surface area contributed by atoms with E-state index in [1.54, 1.807) is 18.3 Å². The highest BCUT2D eigenvalue weighted by atomic mass is 19.1. The van der Waals surface area contributed by atoms with E-state index in [0.717, 1.165) is 5.69 Å². The van der Waals surface area contributed by atoms with Gasteiger partial charge in [-0.25, -0.2) is 4.39 Å². The van der Waals surface area contributed by atoms with Gasteiger partial charge in [0, 0.05) is 37.0 Å². The monoisotopic (exact) mass is 259 g/mol. The minimum atomic E-state index is -0.196. The first-order chi connectivity index (χ1) is 9.20. The van der Waals surface area contributed by atoms with Crippen LogP contribution in [0.15, 0.2) is 42.6 Å². The molecule has 3 nitrogen and oxygen atoms in total. The van der Waals surface area contributed by atoms with E-state index in [4.69, 9.17) is 5.73 Å². The first-order valence-electron chi connectivity index (χ1n) is 6.25. The van der Waals surface area contributed by atoms with E-state index in [1.807, 2.05) is 36.2 Å². The summed E-state index contributed by atoms with van der Waals surface area (Å²) in [6.45, 7) is 1.45. The van der Waals surface area contributed by atoms with E-state index in [2.05, 4.69) is 4.98 Å². The fourth-order valence-corrected chi connectivity index (χ4v) is 2.03. The summed E-state index contributed by atoms with van der Waals surface area (Å²) in [7, 11) is 1.95. The maximum absolute atomic E-state index is 14.0. The molecule has 2 N–H and O–H groups in total. The maximum Gasteiger partial charge on any atom is 0.132 e. The molecule has 0 saturated carbocycles. The number of aromatic nitrogens is 1. The molecule has 0 saturated heterocycles. The topological polar surface area (TPSA) is 42.2 Å². The summed E-state index contributed by atoms with van der Waals surface area (Å²) >= 11 is 0. The van der Waals surface area contributed by atoms with Gasteiger partial charge in [-0.3, -0.25) is 9.88 Å². The lowest BCUT2D eigenvalue weighted by atomic mass is 10.1. The van der Waals surface area contributed by atoms with Crippen molar-refractivity contribution in [3.05, 3.63) is 65.2 Å². The van der Waals surface area contributed by atoms with Gasteiger partial charge < -0.3 is 5.73 Å². The van der Waals surface area contributed by atoms with Gasteiger partial charge in [-0.1, -0.05) is 24.3 Å². The summed E-state index contributed by atoms with van der Waals surface area (Å²) in [4.78, 5) is 6.29. The Morgan fingerprint density at radius 2 is 1.89 bits per heavy atom. The number of hydrogen-bond acceptors (Lipinski definition) is 3. The third-order valence-electron chi connectivity index (χ3n) is 2.98. The summed E-state index contributed by atoms with van der Waals surface area (Å²) < 4.78 is 14.0. The van der Waals surface area contributed by atoms with E-state index < -0.39 is 0 Å². The highest BCUT2D eigenvalue weighted by molar-refractivity contribution is 5.25. The highest BCUT2D eigenvalue weighted by Gasteiger charge is 2.09. The van der Waals surface area contributed by atoms with E-state index >= 15 is 0 Å². The molecule has 2 aromatic rings. The molecule has 0 amide bonds. The smallest absolute Gasteiger partial charge is 0.132 e. The van der Waals surface area contributed by atoms with E-state index in [-0.39, 0.29) is 12.4 Å². The minimum Gasteiger partial charge on any atom is -0.326 e. The molecule has 0 aliphatic rings. The Morgan fingerprint density at radius 3 is 2.58 bits per heavy atom. The summed E-state index contributed by atoms with van der Waals surface area (Å²) in [6, 6.07) is 11.2. The largest absolute Gasteiger partial charge is 0.326 e. The molecule has 0 aliphatic heterocycles. The standard InChI is InChI=1S/C15H18FN3/c1-19(11-14-7-2-3-8-18-14)10-13-6-4-5-12(9-17)15(13)16/h2-8H,9-11,17H2,1H3. The lowest BCUT2D eigenvalue weighted by Gasteiger charge is -2.17. The van der Waals surface area contributed by atoms with Crippen molar-refractivity contribution >= 4 is 0 Å². The molecule has 0 aliphatic carbocycles. The zero-order chi connectivity index (χ0) is 13.7. The molecule has 2 rings (SSSR count). The van der Waals surface area contributed by atoms with Gasteiger partial charge in [0.05, 0.1) is 5.69 Å². The third-order valence-corrected chi connectivity index (χ3v) is 2.98. The molecule has 1 aromatic heterocycles. The second-order valence-electron chi connectivity index (χ2n) is 4.59. The predicted octanol–water partition coefficient (Wildman–Crippen LogP) is 2.31. The van der Waals surface area contributed by atoms with Crippen molar-refractivity contribution in [2.75, 3.05) is 7.05 Å². The average molecular weight is 259 g/mol. The number of nitrogens with zero attached hydrogens (tertiary/aromatic N) is 2. The number of nitrogens with two attached hydrogens (primary N) is 1. The summed E-state index contributed by atoms with van der Waals surface area (Å²) in [5.74, 6) is -0.196. The first-order valence-corrected chi connectivity index (χ1v) is 6.25. The Hall–Kier alpha value is -1.78. The predicted molar refractivity (Wildman–Crippen MR) is 73.7 cm³/mol. The normalized spacial score (nSPS) is 10.9. The molecule has 0 fully saturated rings. The molecule has 0 unspecified atom stereocenters. The zero-order valence-electron chi connectivity index (χ0n) is 11.0. The Bertz CT molecular complexity index is 528. The van der Waals surface area contributed by atoms with Crippen LogP contribution in [-0.2, 0) is 19.6 Å². The fraction of sp³-hybridized carbons (Fsp3) is 0.267. The van der Waals surface area contributed by atoms with Gasteiger partial charge in [-0.15, -0.1) is 0 Å². The quantitative estimate of drug-likeness (QED) is 0.896. The van der Waals surface area contributed by atoms with Gasteiger partial charge in [0.2, 0.25) is 0 Å². The number of pyridine rings is 1. The lowest BCUT2D eigenvalue weighted by molar-refractivity contribution is 0.309. The van der Waals surface area contributed by atoms with Crippen LogP contribution in [0.2, 0.25) is 0 Å². The Balaban J connectivity index is 2.05. The van der Waals surface area contributed by atoms with Crippen LogP contribution in [0.4, 0.5) is 4.39 Å². The molecule has 1 aromatic carbocycles. The molecule has 0 spiro atoms. The maximum atomic E-state index is 14.0. The summed E-state index contributed by atoms with van der Waals surface area (Å²) in [5.41, 5.74) is 7.71. The minimum absolute atomic E-state index is 0.196. The van der Waals surface area contributed by atoms with Crippen LogP contribution in [0, 0.1) is 5.82 Å². The van der Waals surface area contributed by atoms with Crippen molar-refractivity contribution in [1.29, 1.82) is 0 Å². The van der Waals surface area contributed by atoms with Crippen molar-refractivity contribution in [3.8, 4) is 0 Å². The second-order valence-corrected chi connectivity index (χ2v) is 4.59. The average Bonchev–Trinajstić information content (AvgIpc) is 2.42. The zero-order valence-corrected chi connectivity index (χ0v) is 11.0. The summed E-state index contributed by atoms with van der Waals surface area (Å²) in [6.07, 6.45) is 1.76. The van der Waals surface area contributed by atoms with Gasteiger partial charge in [-0.2, -0.15) is 0 Å². The molecule has 0 radical (unpaired) electrons. The number of halogens is 1. The van der Waals surface area contributed by atoms with Gasteiger partial charge >= 0.3 is 0 Å². The highest BCUT2D eigenvalue weighted by Crippen LogP contribution is 2.15. The van der Waals surface area contributed by atoms with Crippen LogP contribution >= 0.6 is 0 Å². The van der Waals surface area contributed by atoms with E-state index in [0.29, 0.717) is 24.2 Å². The van der Waals surface area contributed by atoms with Crippen molar-refractivity contribution < 1.29 is 4.39 Å². The molecule has 100 valence electrons.